The van der Waals surface area contributed by atoms with Crippen LogP contribution in [0.5, 0.6) is 5.75 Å². The van der Waals surface area contributed by atoms with Crippen LogP contribution in [0.2, 0.25) is 0 Å². The number of benzene rings is 1. The molecule has 0 saturated heterocycles. The molecule has 0 aliphatic carbocycles. The van der Waals surface area contributed by atoms with Crippen LogP contribution in [-0.2, 0) is 10.6 Å². The van der Waals surface area contributed by atoms with Crippen LogP contribution < -0.4 is 4.74 Å². The van der Waals surface area contributed by atoms with Crippen molar-refractivity contribution in [1.82, 2.24) is 0 Å². The Kier molecular flexibility index (Phi) is 4.62. The zero-order chi connectivity index (χ0) is 12.1. The molecular formula is C12H15ClO3. The molecule has 0 aromatic heterocycles. The second-order valence-corrected chi connectivity index (χ2v) is 3.63. The zero-order valence-electron chi connectivity index (χ0n) is 9.67. The molecule has 88 valence electrons. The van der Waals surface area contributed by atoms with Crippen molar-refractivity contribution in [3.8, 4) is 5.75 Å². The molecule has 0 spiro atoms. The SMILES string of the molecule is CCOC(=O)c1cc(C)cc(CCl)c1OC. The second-order valence-electron chi connectivity index (χ2n) is 3.36. The summed E-state index contributed by atoms with van der Waals surface area (Å²) in [4.78, 5) is 11.7. The number of ether oxygens (including phenoxy) is 2. The maximum Gasteiger partial charge on any atom is 0.341 e. The molecule has 1 rings (SSSR count). The van der Waals surface area contributed by atoms with E-state index in [0.29, 0.717) is 23.8 Å². The van der Waals surface area contributed by atoms with Gasteiger partial charge in [0, 0.05) is 5.56 Å². The maximum atomic E-state index is 11.7. The Hall–Kier alpha value is -1.22. The molecular weight excluding hydrogens is 228 g/mol. The number of rotatable bonds is 4. The predicted molar refractivity (Wildman–Crippen MR) is 63.2 cm³/mol. The monoisotopic (exact) mass is 242 g/mol. The van der Waals surface area contributed by atoms with Crippen LogP contribution in [0.25, 0.3) is 0 Å². The molecule has 1 aromatic carbocycles. The van der Waals surface area contributed by atoms with Gasteiger partial charge in [0.05, 0.1) is 19.6 Å². The lowest BCUT2D eigenvalue weighted by molar-refractivity contribution is 0.0522. The normalized spacial score (nSPS) is 10.0. The van der Waals surface area contributed by atoms with Crippen molar-refractivity contribution >= 4 is 17.6 Å². The lowest BCUT2D eigenvalue weighted by atomic mass is 10.1. The number of halogens is 1. The number of hydrogen-bond acceptors (Lipinski definition) is 3. The van der Waals surface area contributed by atoms with Crippen LogP contribution in [0, 0.1) is 6.92 Å². The van der Waals surface area contributed by atoms with Crippen LogP contribution in [0.1, 0.15) is 28.4 Å². The van der Waals surface area contributed by atoms with E-state index in [1.165, 1.54) is 7.11 Å². The van der Waals surface area contributed by atoms with Crippen molar-refractivity contribution < 1.29 is 14.3 Å². The summed E-state index contributed by atoms with van der Waals surface area (Å²) < 4.78 is 10.2. The van der Waals surface area contributed by atoms with Gasteiger partial charge in [0.2, 0.25) is 0 Å². The van der Waals surface area contributed by atoms with Gasteiger partial charge < -0.3 is 9.47 Å². The number of methoxy groups -OCH3 is 1. The first-order valence-electron chi connectivity index (χ1n) is 5.04. The lowest BCUT2D eigenvalue weighted by Gasteiger charge is -2.12. The minimum Gasteiger partial charge on any atom is -0.496 e. The highest BCUT2D eigenvalue weighted by Gasteiger charge is 2.17. The van der Waals surface area contributed by atoms with Gasteiger partial charge in [-0.3, -0.25) is 0 Å². The Morgan fingerprint density at radius 1 is 1.44 bits per heavy atom. The van der Waals surface area contributed by atoms with E-state index in [1.54, 1.807) is 13.0 Å². The van der Waals surface area contributed by atoms with Gasteiger partial charge in [0.25, 0.3) is 0 Å². The number of carbonyl (C=O) groups excluding carboxylic acids is 1. The number of alkyl halides is 1. The van der Waals surface area contributed by atoms with Crippen molar-refractivity contribution in [2.45, 2.75) is 19.7 Å². The number of esters is 1. The first kappa shape index (κ1) is 12.8. The third kappa shape index (κ3) is 2.67. The molecule has 0 heterocycles. The Labute approximate surface area is 100 Å². The Morgan fingerprint density at radius 2 is 2.12 bits per heavy atom. The van der Waals surface area contributed by atoms with Gasteiger partial charge in [0.15, 0.2) is 0 Å². The quantitative estimate of drug-likeness (QED) is 0.602. The van der Waals surface area contributed by atoms with E-state index in [-0.39, 0.29) is 5.97 Å². The molecule has 16 heavy (non-hydrogen) atoms. The molecule has 0 bridgehead atoms. The number of aryl methyl sites for hydroxylation is 1. The van der Waals surface area contributed by atoms with Crippen LogP contribution in [0.15, 0.2) is 12.1 Å². The van der Waals surface area contributed by atoms with E-state index in [1.807, 2.05) is 13.0 Å². The molecule has 0 saturated carbocycles. The summed E-state index contributed by atoms with van der Waals surface area (Å²) >= 11 is 5.80. The molecule has 3 nitrogen and oxygen atoms in total. The molecule has 0 aliphatic rings. The highest BCUT2D eigenvalue weighted by Crippen LogP contribution is 2.27. The van der Waals surface area contributed by atoms with E-state index in [9.17, 15) is 4.79 Å². The van der Waals surface area contributed by atoms with Gasteiger partial charge in [-0.25, -0.2) is 4.79 Å². The summed E-state index contributed by atoms with van der Waals surface area (Å²) in [5, 5.41) is 0. The first-order valence-corrected chi connectivity index (χ1v) is 5.58. The van der Waals surface area contributed by atoms with E-state index in [2.05, 4.69) is 0 Å². The third-order valence-electron chi connectivity index (χ3n) is 2.15. The minimum absolute atomic E-state index is 0.303. The van der Waals surface area contributed by atoms with Gasteiger partial charge in [0.1, 0.15) is 11.3 Å². The van der Waals surface area contributed by atoms with Gasteiger partial charge in [-0.15, -0.1) is 11.6 Å². The van der Waals surface area contributed by atoms with Gasteiger partial charge in [-0.05, 0) is 25.5 Å². The second kappa shape index (κ2) is 5.75. The van der Waals surface area contributed by atoms with E-state index in [0.717, 1.165) is 11.1 Å². The Bertz CT molecular complexity index is 388. The van der Waals surface area contributed by atoms with Crippen LogP contribution in [0.3, 0.4) is 0 Å². The standard InChI is InChI=1S/C12H15ClO3/c1-4-16-12(14)10-6-8(2)5-9(7-13)11(10)15-3/h5-6H,4,7H2,1-3H3. The molecule has 4 heteroatoms. The molecule has 1 aromatic rings. The fourth-order valence-corrected chi connectivity index (χ4v) is 1.75. The van der Waals surface area contributed by atoms with Crippen molar-refractivity contribution in [3.63, 3.8) is 0 Å². The minimum atomic E-state index is -0.380. The van der Waals surface area contributed by atoms with Crippen molar-refractivity contribution in [2.75, 3.05) is 13.7 Å². The molecule has 0 N–H and O–H groups in total. The Morgan fingerprint density at radius 3 is 2.62 bits per heavy atom. The Balaban J connectivity index is 3.24. The smallest absolute Gasteiger partial charge is 0.341 e. The van der Waals surface area contributed by atoms with Crippen LogP contribution >= 0.6 is 11.6 Å². The summed E-state index contributed by atoms with van der Waals surface area (Å²) in [6, 6.07) is 3.64. The lowest BCUT2D eigenvalue weighted by Crippen LogP contribution is -2.08. The summed E-state index contributed by atoms with van der Waals surface area (Å²) in [6.45, 7) is 4.01. The summed E-state index contributed by atoms with van der Waals surface area (Å²) in [6.07, 6.45) is 0. The van der Waals surface area contributed by atoms with Crippen LogP contribution in [-0.4, -0.2) is 19.7 Å². The van der Waals surface area contributed by atoms with Crippen molar-refractivity contribution in [2.24, 2.45) is 0 Å². The summed E-state index contributed by atoms with van der Waals surface area (Å²) in [5.41, 5.74) is 2.19. The first-order chi connectivity index (χ1) is 7.63. The average Bonchev–Trinajstić information content (AvgIpc) is 2.28. The molecule has 0 atom stereocenters. The largest absolute Gasteiger partial charge is 0.496 e. The highest BCUT2D eigenvalue weighted by molar-refractivity contribution is 6.17. The molecule has 0 fully saturated rings. The average molecular weight is 243 g/mol. The number of hydrogen-bond donors (Lipinski definition) is 0. The van der Waals surface area contributed by atoms with Gasteiger partial charge in [-0.2, -0.15) is 0 Å². The van der Waals surface area contributed by atoms with E-state index in [4.69, 9.17) is 21.1 Å². The van der Waals surface area contributed by atoms with Crippen molar-refractivity contribution in [3.05, 3.63) is 28.8 Å². The zero-order valence-corrected chi connectivity index (χ0v) is 10.4. The summed E-state index contributed by atoms with van der Waals surface area (Å²) in [5.74, 6) is 0.422. The van der Waals surface area contributed by atoms with Crippen LogP contribution in [0.4, 0.5) is 0 Å². The van der Waals surface area contributed by atoms with Crippen molar-refractivity contribution in [1.29, 1.82) is 0 Å². The highest BCUT2D eigenvalue weighted by atomic mass is 35.5. The maximum absolute atomic E-state index is 11.7. The third-order valence-corrected chi connectivity index (χ3v) is 2.44. The number of carbonyl (C=O) groups is 1. The summed E-state index contributed by atoms with van der Waals surface area (Å²) in [7, 11) is 1.52. The van der Waals surface area contributed by atoms with E-state index < -0.39 is 0 Å². The van der Waals surface area contributed by atoms with E-state index >= 15 is 0 Å². The predicted octanol–water partition coefficient (Wildman–Crippen LogP) is 2.92. The fourth-order valence-electron chi connectivity index (χ4n) is 1.55. The molecule has 0 aliphatic heterocycles. The molecule has 0 amide bonds. The topological polar surface area (TPSA) is 35.5 Å². The van der Waals surface area contributed by atoms with Gasteiger partial charge >= 0.3 is 5.97 Å². The molecule has 0 radical (unpaired) electrons. The fraction of sp³-hybridized carbons (Fsp3) is 0.417. The van der Waals surface area contributed by atoms with Gasteiger partial charge in [-0.1, -0.05) is 6.07 Å². The molecule has 0 unspecified atom stereocenters.